The Morgan fingerprint density at radius 3 is 2.48 bits per heavy atom. The molecule has 0 aliphatic carbocycles. The van der Waals surface area contributed by atoms with Gasteiger partial charge in [0, 0.05) is 11.3 Å². The Morgan fingerprint density at radius 2 is 1.76 bits per heavy atom. The predicted molar refractivity (Wildman–Crippen MR) is 115 cm³/mol. The van der Waals surface area contributed by atoms with E-state index in [2.05, 4.69) is 5.32 Å². The van der Waals surface area contributed by atoms with Crippen molar-refractivity contribution in [3.63, 3.8) is 0 Å². The highest BCUT2D eigenvalue weighted by Crippen LogP contribution is 2.20. The molecule has 3 rings (SSSR count). The summed E-state index contributed by atoms with van der Waals surface area (Å²) in [5.41, 5.74) is 2.94. The van der Waals surface area contributed by atoms with Crippen LogP contribution in [0, 0.1) is 18.3 Å². The van der Waals surface area contributed by atoms with E-state index in [9.17, 15) is 14.9 Å². The Kier molecular flexibility index (Phi) is 6.23. The van der Waals surface area contributed by atoms with Crippen LogP contribution < -0.4 is 5.32 Å². The van der Waals surface area contributed by atoms with Crippen molar-refractivity contribution in [1.82, 2.24) is 0 Å². The van der Waals surface area contributed by atoms with Crippen molar-refractivity contribution in [3.8, 4) is 6.07 Å². The van der Waals surface area contributed by atoms with Crippen LogP contribution in [0.15, 0.2) is 78.4 Å². The number of ketones is 1. The van der Waals surface area contributed by atoms with Crippen LogP contribution in [0.3, 0.4) is 0 Å². The van der Waals surface area contributed by atoms with Gasteiger partial charge in [-0.25, -0.2) is 0 Å². The quantitative estimate of drug-likeness (QED) is 0.339. The standard InChI is InChI=1S/C24H17ClN2O2/c1-16-6-4-8-18(12-16)23(28)19(15-26)13-17-7-5-9-20(14-17)27-24(29)21-10-2-3-11-22(21)25/h2-14H,1H3,(H,27,29)/b19-13+. The molecule has 142 valence electrons. The van der Waals surface area contributed by atoms with E-state index in [-0.39, 0.29) is 17.3 Å². The number of benzene rings is 3. The van der Waals surface area contributed by atoms with Crippen LogP contribution in [0.4, 0.5) is 5.69 Å². The van der Waals surface area contributed by atoms with Crippen LogP contribution in [0.25, 0.3) is 6.08 Å². The molecule has 0 aliphatic heterocycles. The third-order valence-corrected chi connectivity index (χ3v) is 4.55. The summed E-state index contributed by atoms with van der Waals surface area (Å²) in [5, 5.41) is 12.6. The van der Waals surface area contributed by atoms with Gasteiger partial charge in [0.05, 0.1) is 10.6 Å². The molecule has 0 bridgehead atoms. The van der Waals surface area contributed by atoms with E-state index < -0.39 is 0 Å². The molecule has 0 unspecified atom stereocenters. The molecule has 29 heavy (non-hydrogen) atoms. The third kappa shape index (κ3) is 4.98. The summed E-state index contributed by atoms with van der Waals surface area (Å²) in [5.74, 6) is -0.685. The Hall–Kier alpha value is -3.68. The summed E-state index contributed by atoms with van der Waals surface area (Å²) in [7, 11) is 0. The van der Waals surface area contributed by atoms with Crippen LogP contribution in [0.5, 0.6) is 0 Å². The number of amides is 1. The normalized spacial score (nSPS) is 10.9. The molecule has 1 N–H and O–H groups in total. The Balaban J connectivity index is 1.84. The number of rotatable bonds is 5. The number of allylic oxidation sites excluding steroid dienone is 1. The number of nitrogens with zero attached hydrogens (tertiary/aromatic N) is 1. The van der Waals surface area contributed by atoms with E-state index in [0.29, 0.717) is 27.4 Å². The fourth-order valence-corrected chi connectivity index (χ4v) is 3.03. The number of anilines is 1. The second kappa shape index (κ2) is 9.01. The van der Waals surface area contributed by atoms with Gasteiger partial charge >= 0.3 is 0 Å². The van der Waals surface area contributed by atoms with Crippen LogP contribution in [0.2, 0.25) is 5.02 Å². The molecule has 1 amide bonds. The lowest BCUT2D eigenvalue weighted by molar-refractivity contribution is 0.102. The zero-order valence-electron chi connectivity index (χ0n) is 15.6. The van der Waals surface area contributed by atoms with Crippen molar-refractivity contribution < 1.29 is 9.59 Å². The van der Waals surface area contributed by atoms with Gasteiger partial charge in [0.25, 0.3) is 5.91 Å². The van der Waals surface area contributed by atoms with Gasteiger partial charge in [-0.3, -0.25) is 9.59 Å². The van der Waals surface area contributed by atoms with Crippen molar-refractivity contribution in [3.05, 3.63) is 106 Å². The van der Waals surface area contributed by atoms with Crippen LogP contribution in [0.1, 0.15) is 31.8 Å². The molecule has 0 aliphatic rings. The number of hydrogen-bond acceptors (Lipinski definition) is 3. The van der Waals surface area contributed by atoms with Crippen molar-refractivity contribution in [2.75, 3.05) is 5.32 Å². The largest absolute Gasteiger partial charge is 0.322 e. The van der Waals surface area contributed by atoms with Gasteiger partial charge < -0.3 is 5.32 Å². The molecule has 4 nitrogen and oxygen atoms in total. The summed E-state index contributed by atoms with van der Waals surface area (Å²) in [6, 6.07) is 22.7. The number of Topliss-reactive ketones (excluding diaryl/α,β-unsaturated/α-hetero) is 1. The highest BCUT2D eigenvalue weighted by molar-refractivity contribution is 6.34. The first kappa shape index (κ1) is 20.1. The minimum absolute atomic E-state index is 0.0187. The summed E-state index contributed by atoms with van der Waals surface area (Å²) in [6.07, 6.45) is 1.51. The molecular formula is C24H17ClN2O2. The average Bonchev–Trinajstić information content (AvgIpc) is 2.72. The van der Waals surface area contributed by atoms with E-state index in [1.54, 1.807) is 66.7 Å². The molecular weight excluding hydrogens is 384 g/mol. The number of nitrogens with one attached hydrogen (secondary N) is 1. The summed E-state index contributed by atoms with van der Waals surface area (Å²) < 4.78 is 0. The number of halogens is 1. The predicted octanol–water partition coefficient (Wildman–Crippen LogP) is 5.69. The molecule has 0 saturated heterocycles. The Labute approximate surface area is 174 Å². The Bertz CT molecular complexity index is 1160. The van der Waals surface area contributed by atoms with Gasteiger partial charge in [-0.1, -0.05) is 59.6 Å². The molecule has 0 aromatic heterocycles. The van der Waals surface area contributed by atoms with Gasteiger partial charge in [-0.2, -0.15) is 5.26 Å². The van der Waals surface area contributed by atoms with Crippen molar-refractivity contribution in [2.24, 2.45) is 0 Å². The highest BCUT2D eigenvalue weighted by Gasteiger charge is 2.13. The fourth-order valence-electron chi connectivity index (χ4n) is 2.81. The first-order chi connectivity index (χ1) is 14.0. The first-order valence-corrected chi connectivity index (χ1v) is 9.25. The highest BCUT2D eigenvalue weighted by atomic mass is 35.5. The maximum Gasteiger partial charge on any atom is 0.257 e. The minimum Gasteiger partial charge on any atom is -0.322 e. The van der Waals surface area contributed by atoms with Crippen LogP contribution >= 0.6 is 11.6 Å². The van der Waals surface area contributed by atoms with Gasteiger partial charge in [-0.05, 0) is 48.9 Å². The molecule has 5 heteroatoms. The number of carbonyl (C=O) groups is 2. The van der Waals surface area contributed by atoms with E-state index >= 15 is 0 Å². The number of hydrogen-bond donors (Lipinski definition) is 1. The lowest BCUT2D eigenvalue weighted by atomic mass is 10.0. The second-order valence-electron chi connectivity index (χ2n) is 6.43. The van der Waals surface area contributed by atoms with Crippen molar-refractivity contribution >= 4 is 35.1 Å². The van der Waals surface area contributed by atoms with Gasteiger partial charge in [0.1, 0.15) is 11.6 Å². The van der Waals surface area contributed by atoms with Crippen LogP contribution in [-0.2, 0) is 0 Å². The van der Waals surface area contributed by atoms with E-state index in [1.807, 2.05) is 19.1 Å². The molecule has 3 aromatic carbocycles. The molecule has 3 aromatic rings. The maximum atomic E-state index is 12.6. The Morgan fingerprint density at radius 1 is 1.00 bits per heavy atom. The SMILES string of the molecule is Cc1cccc(C(=O)/C(C#N)=C/c2cccc(NC(=O)c3ccccc3Cl)c2)c1. The molecule has 0 fully saturated rings. The van der Waals surface area contributed by atoms with Crippen molar-refractivity contribution in [1.29, 1.82) is 5.26 Å². The van der Waals surface area contributed by atoms with E-state index in [4.69, 9.17) is 11.6 Å². The van der Waals surface area contributed by atoms with Gasteiger partial charge in [0.15, 0.2) is 0 Å². The molecule has 0 heterocycles. The molecule has 0 spiro atoms. The summed E-state index contributed by atoms with van der Waals surface area (Å²) in [4.78, 5) is 25.1. The zero-order chi connectivity index (χ0) is 20.8. The fraction of sp³-hybridized carbons (Fsp3) is 0.0417. The van der Waals surface area contributed by atoms with E-state index in [0.717, 1.165) is 5.56 Å². The maximum absolute atomic E-state index is 12.6. The minimum atomic E-state index is -0.346. The molecule has 0 atom stereocenters. The summed E-state index contributed by atoms with van der Waals surface area (Å²) >= 11 is 6.06. The van der Waals surface area contributed by atoms with Gasteiger partial charge in [-0.15, -0.1) is 0 Å². The smallest absolute Gasteiger partial charge is 0.257 e. The monoisotopic (exact) mass is 400 g/mol. The number of nitriles is 1. The van der Waals surface area contributed by atoms with E-state index in [1.165, 1.54) is 6.08 Å². The van der Waals surface area contributed by atoms with Gasteiger partial charge in [0.2, 0.25) is 5.78 Å². The second-order valence-corrected chi connectivity index (χ2v) is 6.84. The lowest BCUT2D eigenvalue weighted by Gasteiger charge is -2.08. The third-order valence-electron chi connectivity index (χ3n) is 4.22. The topological polar surface area (TPSA) is 70.0 Å². The average molecular weight is 401 g/mol. The van der Waals surface area contributed by atoms with Crippen LogP contribution in [-0.4, -0.2) is 11.7 Å². The molecule has 0 saturated carbocycles. The summed E-state index contributed by atoms with van der Waals surface area (Å²) in [6.45, 7) is 1.89. The zero-order valence-corrected chi connectivity index (χ0v) is 16.4. The number of carbonyl (C=O) groups excluding carboxylic acids is 2. The number of aryl methyl sites for hydroxylation is 1. The molecule has 0 radical (unpaired) electrons. The first-order valence-electron chi connectivity index (χ1n) is 8.87. The lowest BCUT2D eigenvalue weighted by Crippen LogP contribution is -2.12. The van der Waals surface area contributed by atoms with Crippen molar-refractivity contribution in [2.45, 2.75) is 6.92 Å².